The summed E-state index contributed by atoms with van der Waals surface area (Å²) < 4.78 is 16.1. The Morgan fingerprint density at radius 1 is 1.33 bits per heavy atom. The minimum absolute atomic E-state index is 0.150. The van der Waals surface area contributed by atoms with Crippen LogP contribution in [0.3, 0.4) is 0 Å². The number of carbonyl (C=O) groups excluding carboxylic acids is 1. The van der Waals surface area contributed by atoms with Crippen molar-refractivity contribution in [3.63, 3.8) is 0 Å². The normalized spacial score (nSPS) is 17.8. The molecular formula is C16H17FN6O. The molecule has 124 valence electrons. The maximum atomic E-state index is 14.7. The number of H-pyrrole nitrogens is 1. The molecule has 0 aromatic carbocycles. The van der Waals surface area contributed by atoms with Crippen molar-refractivity contribution in [1.29, 1.82) is 0 Å². The van der Waals surface area contributed by atoms with Crippen LogP contribution in [0.5, 0.6) is 0 Å². The molecule has 0 saturated carbocycles. The molecule has 0 bridgehead atoms. The highest BCUT2D eigenvalue weighted by Crippen LogP contribution is 2.31. The summed E-state index contributed by atoms with van der Waals surface area (Å²) in [5.41, 5.74) is 0.975. The molecule has 1 saturated heterocycles. The van der Waals surface area contributed by atoms with Crippen LogP contribution in [0.2, 0.25) is 0 Å². The smallest absolute Gasteiger partial charge is 0.277 e. The van der Waals surface area contributed by atoms with Crippen molar-refractivity contribution in [2.45, 2.75) is 32.7 Å². The van der Waals surface area contributed by atoms with Gasteiger partial charge in [0, 0.05) is 12.2 Å². The Labute approximate surface area is 137 Å². The summed E-state index contributed by atoms with van der Waals surface area (Å²) in [5, 5.41) is 6.95. The van der Waals surface area contributed by atoms with Gasteiger partial charge in [0.15, 0.2) is 11.5 Å². The lowest BCUT2D eigenvalue weighted by molar-refractivity contribution is 0.0719. The van der Waals surface area contributed by atoms with Crippen LogP contribution < -0.4 is 0 Å². The first-order valence-corrected chi connectivity index (χ1v) is 7.89. The second-order valence-electron chi connectivity index (χ2n) is 6.05. The summed E-state index contributed by atoms with van der Waals surface area (Å²) >= 11 is 0. The zero-order chi connectivity index (χ0) is 16.8. The Hall–Kier alpha value is -2.77. The van der Waals surface area contributed by atoms with E-state index in [-0.39, 0.29) is 11.7 Å². The number of pyridine rings is 1. The van der Waals surface area contributed by atoms with E-state index in [1.54, 1.807) is 30.0 Å². The molecule has 3 aromatic rings. The summed E-state index contributed by atoms with van der Waals surface area (Å²) in [4.78, 5) is 23.0. The molecule has 0 aliphatic carbocycles. The standard InChI is InChI=1S/C16H17FN6O/c1-9-5-3-7-12-19-13(14(17)23(9)12)16(24)22-8-4-6-11(22)15-18-10(2)20-21-15/h3,5,7,11H,4,6,8H2,1-2H3,(H,18,20,21)/t11-/m0/s1. The number of aryl methyl sites for hydroxylation is 2. The number of aromatic nitrogens is 5. The fourth-order valence-electron chi connectivity index (χ4n) is 3.27. The van der Waals surface area contributed by atoms with Gasteiger partial charge in [-0.1, -0.05) is 6.07 Å². The van der Waals surface area contributed by atoms with Gasteiger partial charge in [0.2, 0.25) is 5.95 Å². The van der Waals surface area contributed by atoms with E-state index in [4.69, 9.17) is 0 Å². The van der Waals surface area contributed by atoms with Crippen molar-refractivity contribution in [1.82, 2.24) is 29.5 Å². The Balaban J connectivity index is 1.73. The molecule has 3 aromatic heterocycles. The molecule has 24 heavy (non-hydrogen) atoms. The number of hydrogen-bond acceptors (Lipinski definition) is 4. The Morgan fingerprint density at radius 2 is 2.17 bits per heavy atom. The Bertz CT molecular complexity index is 930. The quantitative estimate of drug-likeness (QED) is 0.782. The second kappa shape index (κ2) is 5.40. The lowest BCUT2D eigenvalue weighted by atomic mass is 10.2. The van der Waals surface area contributed by atoms with Crippen LogP contribution in [0.25, 0.3) is 5.65 Å². The number of likely N-dealkylation sites (tertiary alicyclic amines) is 1. The third-order valence-corrected chi connectivity index (χ3v) is 4.41. The van der Waals surface area contributed by atoms with E-state index < -0.39 is 11.9 Å². The summed E-state index contributed by atoms with van der Waals surface area (Å²) in [6.07, 6.45) is 1.59. The van der Waals surface area contributed by atoms with Crippen molar-refractivity contribution >= 4 is 11.6 Å². The first kappa shape index (κ1) is 14.8. The summed E-state index contributed by atoms with van der Waals surface area (Å²) in [5.74, 6) is 0.225. The number of nitrogens with zero attached hydrogens (tertiary/aromatic N) is 5. The number of hydrogen-bond donors (Lipinski definition) is 1. The number of fused-ring (bicyclic) bond motifs is 1. The molecule has 0 unspecified atom stereocenters. The predicted octanol–water partition coefficient (Wildman–Crippen LogP) is 2.19. The molecule has 1 aliphatic heterocycles. The largest absolute Gasteiger partial charge is 0.327 e. The van der Waals surface area contributed by atoms with E-state index in [1.165, 1.54) is 4.40 Å². The molecule has 1 N–H and O–H groups in total. The number of carbonyl (C=O) groups is 1. The number of aromatic amines is 1. The highest BCUT2D eigenvalue weighted by molar-refractivity contribution is 5.93. The van der Waals surface area contributed by atoms with E-state index in [9.17, 15) is 9.18 Å². The van der Waals surface area contributed by atoms with Crippen LogP contribution >= 0.6 is 0 Å². The summed E-state index contributed by atoms with van der Waals surface area (Å²) in [7, 11) is 0. The highest BCUT2D eigenvalue weighted by Gasteiger charge is 2.35. The molecule has 1 fully saturated rings. The average Bonchev–Trinajstić information content (AvgIpc) is 3.25. The van der Waals surface area contributed by atoms with Gasteiger partial charge in [-0.3, -0.25) is 14.3 Å². The van der Waals surface area contributed by atoms with Crippen LogP contribution in [0.1, 0.15) is 46.7 Å². The molecule has 1 amide bonds. The third kappa shape index (κ3) is 2.17. The summed E-state index contributed by atoms with van der Waals surface area (Å²) in [6.45, 7) is 4.13. The summed E-state index contributed by atoms with van der Waals surface area (Å²) in [6, 6.07) is 5.02. The fraction of sp³-hybridized carbons (Fsp3) is 0.375. The number of imidazole rings is 1. The van der Waals surface area contributed by atoms with E-state index in [2.05, 4.69) is 20.2 Å². The Kier molecular flexibility index (Phi) is 3.33. The van der Waals surface area contributed by atoms with Crippen LogP contribution in [-0.2, 0) is 0 Å². The maximum absolute atomic E-state index is 14.7. The van der Waals surface area contributed by atoms with Crippen molar-refractivity contribution in [3.8, 4) is 0 Å². The van der Waals surface area contributed by atoms with Gasteiger partial charge in [0.05, 0.1) is 6.04 Å². The zero-order valence-electron chi connectivity index (χ0n) is 13.5. The van der Waals surface area contributed by atoms with Crippen LogP contribution in [0.4, 0.5) is 4.39 Å². The molecule has 1 aliphatic rings. The van der Waals surface area contributed by atoms with Crippen molar-refractivity contribution < 1.29 is 9.18 Å². The van der Waals surface area contributed by atoms with Gasteiger partial charge in [-0.15, -0.1) is 0 Å². The fourth-order valence-corrected chi connectivity index (χ4v) is 3.27. The van der Waals surface area contributed by atoms with Crippen LogP contribution in [0.15, 0.2) is 18.2 Å². The maximum Gasteiger partial charge on any atom is 0.277 e. The lowest BCUT2D eigenvalue weighted by Crippen LogP contribution is -2.32. The van der Waals surface area contributed by atoms with Crippen molar-refractivity contribution in [3.05, 3.63) is 47.2 Å². The minimum Gasteiger partial charge on any atom is -0.327 e. The second-order valence-corrected chi connectivity index (χ2v) is 6.05. The predicted molar refractivity (Wildman–Crippen MR) is 84.0 cm³/mol. The van der Waals surface area contributed by atoms with Gasteiger partial charge in [-0.05, 0) is 38.8 Å². The van der Waals surface area contributed by atoms with Crippen LogP contribution in [0, 0.1) is 19.8 Å². The van der Waals surface area contributed by atoms with Gasteiger partial charge in [-0.25, -0.2) is 9.97 Å². The van der Waals surface area contributed by atoms with E-state index in [1.807, 2.05) is 6.92 Å². The Morgan fingerprint density at radius 3 is 2.88 bits per heavy atom. The SMILES string of the molecule is Cc1nc([C@@H]2CCCN2C(=O)c2nc3cccc(C)n3c2F)n[nH]1. The molecule has 0 spiro atoms. The van der Waals surface area contributed by atoms with Gasteiger partial charge in [0.25, 0.3) is 5.91 Å². The zero-order valence-corrected chi connectivity index (χ0v) is 13.5. The molecular weight excluding hydrogens is 311 g/mol. The van der Waals surface area contributed by atoms with E-state index in [0.717, 1.165) is 12.8 Å². The molecule has 8 heteroatoms. The van der Waals surface area contributed by atoms with E-state index >= 15 is 0 Å². The number of halogens is 1. The molecule has 1 atom stereocenters. The third-order valence-electron chi connectivity index (χ3n) is 4.41. The van der Waals surface area contributed by atoms with E-state index in [0.29, 0.717) is 29.5 Å². The molecule has 0 radical (unpaired) electrons. The molecule has 7 nitrogen and oxygen atoms in total. The molecule has 4 heterocycles. The topological polar surface area (TPSA) is 79.2 Å². The average molecular weight is 328 g/mol. The van der Waals surface area contributed by atoms with Gasteiger partial charge >= 0.3 is 0 Å². The molecule has 4 rings (SSSR count). The van der Waals surface area contributed by atoms with Crippen molar-refractivity contribution in [2.24, 2.45) is 0 Å². The first-order chi connectivity index (χ1) is 11.6. The van der Waals surface area contributed by atoms with Gasteiger partial charge < -0.3 is 4.90 Å². The number of rotatable bonds is 2. The van der Waals surface area contributed by atoms with Gasteiger partial charge in [-0.2, -0.15) is 9.49 Å². The highest BCUT2D eigenvalue weighted by atomic mass is 19.1. The number of amides is 1. The lowest BCUT2D eigenvalue weighted by Gasteiger charge is -2.21. The van der Waals surface area contributed by atoms with Crippen LogP contribution in [-0.4, -0.2) is 41.9 Å². The minimum atomic E-state index is -0.620. The first-order valence-electron chi connectivity index (χ1n) is 7.89. The van der Waals surface area contributed by atoms with Crippen molar-refractivity contribution in [2.75, 3.05) is 6.54 Å². The number of nitrogens with one attached hydrogen (secondary N) is 1. The van der Waals surface area contributed by atoms with Gasteiger partial charge in [0.1, 0.15) is 11.5 Å². The monoisotopic (exact) mass is 328 g/mol.